The lowest BCUT2D eigenvalue weighted by molar-refractivity contribution is -0.126. The van der Waals surface area contributed by atoms with Gasteiger partial charge < -0.3 is 9.64 Å². The van der Waals surface area contributed by atoms with Crippen LogP contribution in [0.1, 0.15) is 33.4 Å². The molecule has 4 nitrogen and oxygen atoms in total. The normalized spacial score (nSPS) is 18.7. The third kappa shape index (κ3) is 2.99. The Morgan fingerprint density at radius 3 is 2.00 bits per heavy atom. The molecule has 0 unspecified atom stereocenters. The van der Waals surface area contributed by atoms with Crippen molar-refractivity contribution in [1.29, 1.82) is 0 Å². The Morgan fingerprint density at radius 2 is 1.41 bits per heavy atom. The molecule has 0 bridgehead atoms. The summed E-state index contributed by atoms with van der Waals surface area (Å²) in [6.45, 7) is 0. The van der Waals surface area contributed by atoms with E-state index in [1.807, 2.05) is 77.7 Å². The molecule has 2 atom stereocenters. The molecule has 0 N–H and O–H groups in total. The number of esters is 1. The predicted octanol–water partition coefficient (Wildman–Crippen LogP) is 4.34. The van der Waals surface area contributed by atoms with Crippen molar-refractivity contribution in [1.82, 2.24) is 0 Å². The van der Waals surface area contributed by atoms with Crippen LogP contribution < -0.4 is 4.90 Å². The predicted molar refractivity (Wildman–Crippen MR) is 104 cm³/mol. The molecule has 0 radical (unpaired) electrons. The molecular weight excluding hydrogens is 338 g/mol. The van der Waals surface area contributed by atoms with Crippen LogP contribution in [-0.2, 0) is 9.53 Å². The average Bonchev–Trinajstić information content (AvgIpc) is 2.73. The van der Waals surface area contributed by atoms with E-state index in [-0.39, 0.29) is 23.8 Å². The standard InChI is InChI=1S/C23H19NO3/c1-27-23(26)18-14-12-17(13-15-18)21-20(16-8-4-2-5-9-16)22(25)24(21)19-10-6-3-7-11-19/h2-15,20-21H,1H3/t20-,21+/m0/s1. The van der Waals surface area contributed by atoms with E-state index in [1.54, 1.807) is 12.1 Å². The molecule has 1 heterocycles. The topological polar surface area (TPSA) is 46.6 Å². The van der Waals surface area contributed by atoms with Gasteiger partial charge in [0.05, 0.1) is 24.6 Å². The maximum Gasteiger partial charge on any atom is 0.337 e. The van der Waals surface area contributed by atoms with E-state index in [0.29, 0.717) is 5.56 Å². The second-order valence-electron chi connectivity index (χ2n) is 6.49. The van der Waals surface area contributed by atoms with Gasteiger partial charge in [-0.1, -0.05) is 60.7 Å². The van der Waals surface area contributed by atoms with Crippen molar-refractivity contribution >= 4 is 17.6 Å². The molecule has 1 aliphatic heterocycles. The molecule has 134 valence electrons. The fourth-order valence-corrected chi connectivity index (χ4v) is 3.63. The minimum Gasteiger partial charge on any atom is -0.465 e. The summed E-state index contributed by atoms with van der Waals surface area (Å²) >= 11 is 0. The van der Waals surface area contributed by atoms with Gasteiger partial charge in [-0.3, -0.25) is 4.79 Å². The Labute approximate surface area is 158 Å². The van der Waals surface area contributed by atoms with Crippen molar-refractivity contribution in [3.05, 3.63) is 102 Å². The lowest BCUT2D eigenvalue weighted by atomic mass is 9.77. The summed E-state index contributed by atoms with van der Waals surface area (Å²) in [6, 6.07) is 26.7. The summed E-state index contributed by atoms with van der Waals surface area (Å²) in [5, 5.41) is 0. The van der Waals surface area contributed by atoms with Crippen molar-refractivity contribution < 1.29 is 14.3 Å². The highest BCUT2D eigenvalue weighted by atomic mass is 16.5. The number of carbonyl (C=O) groups is 2. The Morgan fingerprint density at radius 1 is 0.815 bits per heavy atom. The minimum atomic E-state index is -0.370. The van der Waals surface area contributed by atoms with E-state index in [1.165, 1.54) is 7.11 Å². The SMILES string of the molecule is COC(=O)c1ccc([C@@H]2[C@H](c3ccccc3)C(=O)N2c2ccccc2)cc1. The fraction of sp³-hybridized carbons (Fsp3) is 0.130. The zero-order valence-electron chi connectivity index (χ0n) is 14.9. The van der Waals surface area contributed by atoms with Crippen LogP contribution in [0.25, 0.3) is 0 Å². The third-order valence-electron chi connectivity index (χ3n) is 4.96. The highest BCUT2D eigenvalue weighted by molar-refractivity contribution is 6.06. The van der Waals surface area contributed by atoms with Crippen molar-refractivity contribution in [3.8, 4) is 0 Å². The molecule has 3 aromatic rings. The summed E-state index contributed by atoms with van der Waals surface area (Å²) in [4.78, 5) is 26.6. The number of amides is 1. The lowest BCUT2D eigenvalue weighted by Gasteiger charge is -2.47. The number of rotatable bonds is 4. The van der Waals surface area contributed by atoms with Crippen LogP contribution >= 0.6 is 0 Å². The van der Waals surface area contributed by atoms with Gasteiger partial charge in [-0.25, -0.2) is 4.79 Å². The first-order valence-electron chi connectivity index (χ1n) is 8.82. The molecule has 0 spiro atoms. The number of benzene rings is 3. The van der Waals surface area contributed by atoms with E-state index in [0.717, 1.165) is 16.8 Å². The monoisotopic (exact) mass is 357 g/mol. The van der Waals surface area contributed by atoms with Crippen molar-refractivity contribution in [2.75, 3.05) is 12.0 Å². The molecule has 0 aromatic heterocycles. The van der Waals surface area contributed by atoms with Gasteiger partial charge in [-0.15, -0.1) is 0 Å². The third-order valence-corrected chi connectivity index (χ3v) is 4.96. The van der Waals surface area contributed by atoms with Crippen LogP contribution in [0.2, 0.25) is 0 Å². The molecule has 0 saturated carbocycles. The molecule has 27 heavy (non-hydrogen) atoms. The number of β-lactam (4-membered cyclic amide) rings is 1. The summed E-state index contributed by atoms with van der Waals surface area (Å²) in [6.07, 6.45) is 0. The van der Waals surface area contributed by atoms with Gasteiger partial charge in [0.2, 0.25) is 5.91 Å². The second-order valence-corrected chi connectivity index (χ2v) is 6.49. The van der Waals surface area contributed by atoms with Crippen molar-refractivity contribution in [2.45, 2.75) is 12.0 Å². The highest BCUT2D eigenvalue weighted by Gasteiger charge is 2.49. The van der Waals surface area contributed by atoms with Crippen LogP contribution in [0.3, 0.4) is 0 Å². The van der Waals surface area contributed by atoms with Crippen LogP contribution in [0.4, 0.5) is 5.69 Å². The highest BCUT2D eigenvalue weighted by Crippen LogP contribution is 2.48. The molecular formula is C23H19NO3. The maximum absolute atomic E-state index is 13.0. The fourth-order valence-electron chi connectivity index (χ4n) is 3.63. The molecule has 1 fully saturated rings. The lowest BCUT2D eigenvalue weighted by Crippen LogP contribution is -2.53. The van der Waals surface area contributed by atoms with Gasteiger partial charge in [-0.05, 0) is 35.4 Å². The number of methoxy groups -OCH3 is 1. The van der Waals surface area contributed by atoms with E-state index in [2.05, 4.69) is 0 Å². The van der Waals surface area contributed by atoms with E-state index >= 15 is 0 Å². The largest absolute Gasteiger partial charge is 0.465 e. The molecule has 4 heteroatoms. The van der Waals surface area contributed by atoms with Gasteiger partial charge in [0, 0.05) is 5.69 Å². The average molecular weight is 357 g/mol. The maximum atomic E-state index is 13.0. The second kappa shape index (κ2) is 7.08. The van der Waals surface area contributed by atoms with Crippen molar-refractivity contribution in [3.63, 3.8) is 0 Å². The summed E-state index contributed by atoms with van der Waals surface area (Å²) in [7, 11) is 1.36. The van der Waals surface area contributed by atoms with Crippen LogP contribution in [0, 0.1) is 0 Å². The van der Waals surface area contributed by atoms with Crippen LogP contribution in [-0.4, -0.2) is 19.0 Å². The van der Waals surface area contributed by atoms with Gasteiger partial charge in [0.1, 0.15) is 0 Å². The molecule has 1 saturated heterocycles. The van der Waals surface area contributed by atoms with Gasteiger partial charge in [0.15, 0.2) is 0 Å². The smallest absolute Gasteiger partial charge is 0.337 e. The van der Waals surface area contributed by atoms with Gasteiger partial charge >= 0.3 is 5.97 Å². The Kier molecular flexibility index (Phi) is 4.47. The molecule has 4 rings (SSSR count). The Balaban J connectivity index is 1.74. The Hall–Kier alpha value is -3.40. The molecule has 3 aromatic carbocycles. The zero-order chi connectivity index (χ0) is 18.8. The first kappa shape index (κ1) is 17.0. The number of anilines is 1. The number of para-hydroxylation sites is 1. The van der Waals surface area contributed by atoms with Gasteiger partial charge in [-0.2, -0.15) is 0 Å². The number of hydrogen-bond donors (Lipinski definition) is 0. The number of nitrogens with zero attached hydrogens (tertiary/aromatic N) is 1. The quantitative estimate of drug-likeness (QED) is 0.515. The summed E-state index contributed by atoms with van der Waals surface area (Å²) in [5.41, 5.74) is 3.35. The molecule has 1 aliphatic rings. The van der Waals surface area contributed by atoms with Gasteiger partial charge in [0.25, 0.3) is 0 Å². The van der Waals surface area contributed by atoms with Crippen molar-refractivity contribution in [2.24, 2.45) is 0 Å². The molecule has 1 amide bonds. The first-order chi connectivity index (χ1) is 13.2. The Bertz CT molecular complexity index is 902. The molecule has 0 aliphatic carbocycles. The number of hydrogen-bond acceptors (Lipinski definition) is 3. The zero-order valence-corrected chi connectivity index (χ0v) is 14.9. The summed E-state index contributed by atoms with van der Waals surface area (Å²) < 4.78 is 4.77. The number of carbonyl (C=O) groups excluding carboxylic acids is 2. The summed E-state index contributed by atoms with van der Waals surface area (Å²) in [5.74, 6) is -0.532. The van der Waals surface area contributed by atoms with Crippen LogP contribution in [0.5, 0.6) is 0 Å². The first-order valence-corrected chi connectivity index (χ1v) is 8.82. The van der Waals surface area contributed by atoms with E-state index in [9.17, 15) is 9.59 Å². The van der Waals surface area contributed by atoms with Crippen LogP contribution in [0.15, 0.2) is 84.9 Å². The minimum absolute atomic E-state index is 0.0782. The van der Waals surface area contributed by atoms with E-state index in [4.69, 9.17) is 4.74 Å². The van der Waals surface area contributed by atoms with E-state index < -0.39 is 0 Å². The number of ether oxygens (including phenoxy) is 1.